The number of aromatic nitrogens is 2. The first-order valence-corrected chi connectivity index (χ1v) is 9.78. The summed E-state index contributed by atoms with van der Waals surface area (Å²) < 4.78 is 80.7. The summed E-state index contributed by atoms with van der Waals surface area (Å²) in [5.74, 6) is -0.402. The Hall–Kier alpha value is -3.25. The molecular formula is C20H20F6N4O3. The van der Waals surface area contributed by atoms with Crippen LogP contribution >= 0.6 is 0 Å². The highest BCUT2D eigenvalue weighted by molar-refractivity contribution is 5.86. The molecule has 1 atom stereocenters. The molecule has 1 aliphatic rings. The Kier molecular flexibility index (Phi) is 6.35. The number of hydrogen-bond acceptors (Lipinski definition) is 3. The van der Waals surface area contributed by atoms with E-state index < -0.39 is 48.1 Å². The summed E-state index contributed by atoms with van der Waals surface area (Å²) in [6.07, 6.45) is -9.37. The van der Waals surface area contributed by atoms with Crippen molar-refractivity contribution in [1.29, 1.82) is 0 Å². The predicted octanol–water partition coefficient (Wildman–Crippen LogP) is 4.83. The fourth-order valence-corrected chi connectivity index (χ4v) is 3.98. The Morgan fingerprint density at radius 3 is 2.18 bits per heavy atom. The number of aryl methyl sites for hydroxylation is 1. The van der Waals surface area contributed by atoms with Gasteiger partial charge in [0.1, 0.15) is 5.82 Å². The standard InChI is InChI=1S/C20H20F6N4O3/c1-11(31)30(10-12-6-13(19(21,22)23)8-14(7-12)20(24,25)26)16-4-3-5-29(18(32)33)17-15(16)9-27-28(17)2/h6-9,16H,3-5,10H2,1-2H3,(H,32,33). The van der Waals surface area contributed by atoms with Gasteiger partial charge in [-0.05, 0) is 36.6 Å². The average molecular weight is 478 g/mol. The zero-order chi connectivity index (χ0) is 24.7. The van der Waals surface area contributed by atoms with Gasteiger partial charge in [-0.25, -0.2) is 4.79 Å². The molecule has 0 bridgehead atoms. The van der Waals surface area contributed by atoms with E-state index in [1.807, 2.05) is 0 Å². The molecule has 1 N–H and O–H groups in total. The summed E-state index contributed by atoms with van der Waals surface area (Å²) in [6, 6.07) is 0.391. The van der Waals surface area contributed by atoms with E-state index in [1.165, 1.54) is 17.9 Å². The molecule has 0 saturated carbocycles. The number of carbonyl (C=O) groups is 2. The second kappa shape index (κ2) is 8.60. The molecule has 0 aliphatic carbocycles. The van der Waals surface area contributed by atoms with E-state index in [4.69, 9.17) is 0 Å². The van der Waals surface area contributed by atoms with Crippen LogP contribution in [0.15, 0.2) is 24.4 Å². The smallest absolute Gasteiger partial charge is 0.416 e. The SMILES string of the molecule is CC(=O)N(Cc1cc(C(F)(F)F)cc(C(F)(F)F)c1)C1CCCN(C(=O)O)c2c1cnn2C. The molecule has 1 aliphatic heterocycles. The highest BCUT2D eigenvalue weighted by atomic mass is 19.4. The number of fused-ring (bicyclic) bond motifs is 1. The van der Waals surface area contributed by atoms with E-state index in [1.54, 1.807) is 0 Å². The lowest BCUT2D eigenvalue weighted by molar-refractivity contribution is -0.143. The number of nitrogens with zero attached hydrogens (tertiary/aromatic N) is 4. The molecule has 0 fully saturated rings. The maximum Gasteiger partial charge on any atom is 0.416 e. The van der Waals surface area contributed by atoms with Crippen LogP contribution in [0.5, 0.6) is 0 Å². The number of hydrogen-bond donors (Lipinski definition) is 1. The molecular weight excluding hydrogens is 458 g/mol. The van der Waals surface area contributed by atoms with E-state index in [-0.39, 0.29) is 30.4 Å². The molecule has 33 heavy (non-hydrogen) atoms. The van der Waals surface area contributed by atoms with Gasteiger partial charge in [-0.2, -0.15) is 31.4 Å². The third kappa shape index (κ3) is 5.06. The second-order valence-electron chi connectivity index (χ2n) is 7.70. The van der Waals surface area contributed by atoms with Crippen LogP contribution < -0.4 is 4.90 Å². The van der Waals surface area contributed by atoms with E-state index in [0.29, 0.717) is 24.1 Å². The van der Waals surface area contributed by atoms with Crippen LogP contribution in [0.4, 0.5) is 37.0 Å². The first-order valence-electron chi connectivity index (χ1n) is 9.78. The van der Waals surface area contributed by atoms with Crippen LogP contribution in [0, 0.1) is 0 Å². The van der Waals surface area contributed by atoms with Crippen LogP contribution in [0.2, 0.25) is 0 Å². The van der Waals surface area contributed by atoms with Gasteiger partial charge in [-0.1, -0.05) is 0 Å². The molecule has 0 spiro atoms. The summed E-state index contributed by atoms with van der Waals surface area (Å²) >= 11 is 0. The third-order valence-electron chi connectivity index (χ3n) is 5.42. The molecule has 2 aromatic rings. The molecule has 2 heterocycles. The summed E-state index contributed by atoms with van der Waals surface area (Å²) in [4.78, 5) is 26.3. The Morgan fingerprint density at radius 1 is 1.12 bits per heavy atom. The maximum absolute atomic E-state index is 13.2. The Labute approximate surface area is 184 Å². The van der Waals surface area contributed by atoms with Crippen LogP contribution in [0.25, 0.3) is 0 Å². The average Bonchev–Trinajstić information content (AvgIpc) is 2.94. The van der Waals surface area contributed by atoms with Crippen molar-refractivity contribution < 1.29 is 41.0 Å². The van der Waals surface area contributed by atoms with Gasteiger partial charge in [0.05, 0.1) is 23.4 Å². The molecule has 2 amide bonds. The molecule has 13 heteroatoms. The maximum atomic E-state index is 13.2. The van der Waals surface area contributed by atoms with Crippen molar-refractivity contribution in [3.05, 3.63) is 46.6 Å². The number of halogens is 6. The largest absolute Gasteiger partial charge is 0.465 e. The lowest BCUT2D eigenvalue weighted by Gasteiger charge is -2.31. The minimum Gasteiger partial charge on any atom is -0.465 e. The Balaban J connectivity index is 2.07. The van der Waals surface area contributed by atoms with Gasteiger partial charge in [-0.3, -0.25) is 14.4 Å². The highest BCUT2D eigenvalue weighted by Crippen LogP contribution is 2.39. The number of amides is 2. The molecule has 3 rings (SSSR count). The van der Waals surface area contributed by atoms with Crippen LogP contribution in [0.3, 0.4) is 0 Å². The van der Waals surface area contributed by atoms with Gasteiger partial charge in [-0.15, -0.1) is 0 Å². The lowest BCUT2D eigenvalue weighted by atomic mass is 10.0. The number of carboxylic acid groups (broad SMARTS) is 1. The van der Waals surface area contributed by atoms with E-state index in [0.717, 1.165) is 16.7 Å². The minimum atomic E-state index is -5.02. The number of alkyl halides is 6. The monoisotopic (exact) mass is 478 g/mol. The van der Waals surface area contributed by atoms with E-state index in [9.17, 15) is 41.0 Å². The quantitative estimate of drug-likeness (QED) is 0.642. The first-order chi connectivity index (χ1) is 15.2. The molecule has 1 aromatic heterocycles. The Morgan fingerprint density at radius 2 is 1.70 bits per heavy atom. The van der Waals surface area contributed by atoms with Gasteiger partial charge in [0.2, 0.25) is 5.91 Å². The van der Waals surface area contributed by atoms with Crippen molar-refractivity contribution in [2.24, 2.45) is 7.05 Å². The number of carbonyl (C=O) groups excluding carboxylic acids is 1. The van der Waals surface area contributed by atoms with Crippen LogP contribution in [0.1, 0.15) is 48.1 Å². The van der Waals surface area contributed by atoms with Crippen molar-refractivity contribution in [2.45, 2.75) is 44.7 Å². The minimum absolute atomic E-state index is 0.0250. The van der Waals surface area contributed by atoms with E-state index >= 15 is 0 Å². The van der Waals surface area contributed by atoms with Gasteiger partial charge in [0, 0.05) is 32.6 Å². The van der Waals surface area contributed by atoms with Crippen molar-refractivity contribution in [2.75, 3.05) is 11.4 Å². The summed E-state index contributed by atoms with van der Waals surface area (Å²) in [5, 5.41) is 13.6. The number of benzene rings is 1. The van der Waals surface area contributed by atoms with Crippen LogP contribution in [-0.4, -0.2) is 38.3 Å². The Bertz CT molecular complexity index is 1030. The molecule has 0 radical (unpaired) electrons. The highest BCUT2D eigenvalue weighted by Gasteiger charge is 2.38. The van der Waals surface area contributed by atoms with Gasteiger partial charge < -0.3 is 10.0 Å². The normalized spacial score (nSPS) is 16.8. The topological polar surface area (TPSA) is 78.7 Å². The fourth-order valence-electron chi connectivity index (χ4n) is 3.98. The molecule has 0 saturated heterocycles. The van der Waals surface area contributed by atoms with Crippen molar-refractivity contribution >= 4 is 17.8 Å². The molecule has 1 aromatic carbocycles. The fraction of sp³-hybridized carbons (Fsp3) is 0.450. The first kappa shape index (κ1) is 24.4. The predicted molar refractivity (Wildman–Crippen MR) is 103 cm³/mol. The summed E-state index contributed by atoms with van der Waals surface area (Å²) in [5.41, 5.74) is -2.96. The summed E-state index contributed by atoms with van der Waals surface area (Å²) in [6.45, 7) is 0.703. The van der Waals surface area contributed by atoms with E-state index in [2.05, 4.69) is 5.10 Å². The number of rotatable bonds is 3. The van der Waals surface area contributed by atoms with Gasteiger partial charge in [0.25, 0.3) is 0 Å². The van der Waals surface area contributed by atoms with Crippen molar-refractivity contribution in [1.82, 2.24) is 14.7 Å². The third-order valence-corrected chi connectivity index (χ3v) is 5.42. The summed E-state index contributed by atoms with van der Waals surface area (Å²) in [7, 11) is 1.50. The zero-order valence-corrected chi connectivity index (χ0v) is 17.5. The second-order valence-corrected chi connectivity index (χ2v) is 7.70. The van der Waals surface area contributed by atoms with Crippen molar-refractivity contribution in [3.8, 4) is 0 Å². The number of anilines is 1. The molecule has 1 unspecified atom stereocenters. The zero-order valence-electron chi connectivity index (χ0n) is 17.5. The van der Waals surface area contributed by atoms with Gasteiger partial charge >= 0.3 is 18.4 Å². The molecule has 180 valence electrons. The lowest BCUT2D eigenvalue weighted by Crippen LogP contribution is -2.33. The van der Waals surface area contributed by atoms with Gasteiger partial charge in [0.15, 0.2) is 0 Å². The van der Waals surface area contributed by atoms with Crippen molar-refractivity contribution in [3.63, 3.8) is 0 Å². The molecule has 7 nitrogen and oxygen atoms in total. The van der Waals surface area contributed by atoms with Crippen LogP contribution in [-0.2, 0) is 30.7 Å².